The lowest BCUT2D eigenvalue weighted by atomic mass is 10.1. The fourth-order valence-electron chi connectivity index (χ4n) is 2.82. The van der Waals surface area contributed by atoms with Crippen LogP contribution in [0.3, 0.4) is 0 Å². The Hall–Kier alpha value is -3.35. The minimum absolute atomic E-state index is 0.00680. The van der Waals surface area contributed by atoms with E-state index in [1.54, 1.807) is 30.3 Å². The van der Waals surface area contributed by atoms with Crippen molar-refractivity contribution >= 4 is 11.6 Å². The predicted molar refractivity (Wildman–Crippen MR) is 99.5 cm³/mol. The molecule has 0 aliphatic heterocycles. The SMILES string of the molecule is COc1ccc(CC(=O)N(Cc2ccco2)c2ccc(F)cc2F)c(OC)c1. The molecule has 0 saturated carbocycles. The van der Waals surface area contributed by atoms with E-state index in [-0.39, 0.29) is 18.7 Å². The first-order valence-corrected chi connectivity index (χ1v) is 8.50. The van der Waals surface area contributed by atoms with Crippen molar-refractivity contribution in [3.05, 3.63) is 77.8 Å². The molecule has 28 heavy (non-hydrogen) atoms. The van der Waals surface area contributed by atoms with Crippen LogP contribution >= 0.6 is 0 Å². The van der Waals surface area contributed by atoms with Gasteiger partial charge in [0.25, 0.3) is 0 Å². The highest BCUT2D eigenvalue weighted by atomic mass is 19.1. The molecule has 0 N–H and O–H groups in total. The summed E-state index contributed by atoms with van der Waals surface area (Å²) in [5.74, 6) is -0.412. The predicted octanol–water partition coefficient (Wildman–Crippen LogP) is 4.35. The van der Waals surface area contributed by atoms with E-state index < -0.39 is 17.5 Å². The summed E-state index contributed by atoms with van der Waals surface area (Å²) < 4.78 is 43.5. The van der Waals surface area contributed by atoms with Crippen molar-refractivity contribution in [3.63, 3.8) is 0 Å². The van der Waals surface area contributed by atoms with Crippen molar-refractivity contribution in [2.24, 2.45) is 0 Å². The van der Waals surface area contributed by atoms with Gasteiger partial charge in [0.2, 0.25) is 5.91 Å². The average Bonchev–Trinajstić information content (AvgIpc) is 3.20. The number of hydrogen-bond donors (Lipinski definition) is 0. The summed E-state index contributed by atoms with van der Waals surface area (Å²) in [6.07, 6.45) is 1.41. The fourth-order valence-corrected chi connectivity index (χ4v) is 2.82. The van der Waals surface area contributed by atoms with Crippen molar-refractivity contribution in [2.75, 3.05) is 19.1 Å². The molecule has 0 bridgehead atoms. The third-order valence-electron chi connectivity index (χ3n) is 4.23. The lowest BCUT2D eigenvalue weighted by Crippen LogP contribution is -2.32. The molecule has 7 heteroatoms. The van der Waals surface area contributed by atoms with Crippen LogP contribution in [0.4, 0.5) is 14.5 Å². The number of carbonyl (C=O) groups excluding carboxylic acids is 1. The Morgan fingerprint density at radius 2 is 1.89 bits per heavy atom. The maximum absolute atomic E-state index is 14.4. The standard InChI is InChI=1S/C21H19F2NO4/c1-26-16-7-5-14(20(12-16)27-2)10-21(25)24(13-17-4-3-9-28-17)19-8-6-15(22)11-18(19)23/h3-9,11-12H,10,13H2,1-2H3. The summed E-state index contributed by atoms with van der Waals surface area (Å²) in [5.41, 5.74) is 0.579. The summed E-state index contributed by atoms with van der Waals surface area (Å²) in [6.45, 7) is 0.00680. The van der Waals surface area contributed by atoms with Crippen molar-refractivity contribution < 1.29 is 27.5 Å². The van der Waals surface area contributed by atoms with E-state index in [0.29, 0.717) is 22.8 Å². The summed E-state index contributed by atoms with van der Waals surface area (Å²) in [7, 11) is 3.02. The van der Waals surface area contributed by atoms with Crippen molar-refractivity contribution in [3.8, 4) is 11.5 Å². The molecule has 3 aromatic rings. The Kier molecular flexibility index (Phi) is 5.93. The molecule has 3 rings (SSSR count). The van der Waals surface area contributed by atoms with Crippen LogP contribution in [-0.2, 0) is 17.8 Å². The number of anilines is 1. The Morgan fingerprint density at radius 1 is 1.07 bits per heavy atom. The topological polar surface area (TPSA) is 51.9 Å². The van der Waals surface area contributed by atoms with E-state index in [2.05, 4.69) is 0 Å². The minimum Gasteiger partial charge on any atom is -0.497 e. The van der Waals surface area contributed by atoms with Gasteiger partial charge in [-0.25, -0.2) is 8.78 Å². The van der Waals surface area contributed by atoms with Gasteiger partial charge in [-0.3, -0.25) is 4.79 Å². The number of nitrogens with zero attached hydrogens (tertiary/aromatic N) is 1. The van der Waals surface area contributed by atoms with E-state index in [1.165, 1.54) is 31.4 Å². The van der Waals surface area contributed by atoms with Gasteiger partial charge in [0.05, 0.1) is 39.1 Å². The zero-order valence-corrected chi connectivity index (χ0v) is 15.4. The van der Waals surface area contributed by atoms with Crippen LogP contribution in [0, 0.1) is 11.6 Å². The molecule has 5 nitrogen and oxygen atoms in total. The molecule has 0 spiro atoms. The van der Waals surface area contributed by atoms with Gasteiger partial charge in [-0.05, 0) is 30.3 Å². The van der Waals surface area contributed by atoms with Crippen LogP contribution in [0.5, 0.6) is 11.5 Å². The molecule has 2 aromatic carbocycles. The quantitative estimate of drug-likeness (QED) is 0.605. The van der Waals surface area contributed by atoms with Crippen molar-refractivity contribution in [2.45, 2.75) is 13.0 Å². The van der Waals surface area contributed by atoms with Crippen molar-refractivity contribution in [1.29, 1.82) is 0 Å². The maximum Gasteiger partial charge on any atom is 0.232 e. The second kappa shape index (κ2) is 8.56. The maximum atomic E-state index is 14.4. The summed E-state index contributed by atoms with van der Waals surface area (Å²) in [4.78, 5) is 14.3. The monoisotopic (exact) mass is 387 g/mol. The number of ether oxygens (including phenoxy) is 2. The first-order chi connectivity index (χ1) is 13.5. The highest BCUT2D eigenvalue weighted by Crippen LogP contribution is 2.28. The van der Waals surface area contributed by atoms with E-state index in [1.807, 2.05) is 0 Å². The number of rotatable bonds is 7. The number of benzene rings is 2. The van der Waals surface area contributed by atoms with Crippen LogP contribution in [0.1, 0.15) is 11.3 Å². The molecule has 1 aromatic heterocycles. The van der Waals surface area contributed by atoms with E-state index in [0.717, 1.165) is 12.1 Å². The number of methoxy groups -OCH3 is 2. The summed E-state index contributed by atoms with van der Waals surface area (Å²) >= 11 is 0. The number of amides is 1. The molecule has 0 fully saturated rings. The molecule has 0 aliphatic rings. The molecular weight excluding hydrogens is 368 g/mol. The first-order valence-electron chi connectivity index (χ1n) is 8.50. The van der Waals surface area contributed by atoms with Gasteiger partial charge < -0.3 is 18.8 Å². The zero-order valence-electron chi connectivity index (χ0n) is 15.4. The largest absolute Gasteiger partial charge is 0.497 e. The van der Waals surface area contributed by atoms with Gasteiger partial charge in [0.1, 0.15) is 28.9 Å². The van der Waals surface area contributed by atoms with Crippen LogP contribution in [0.2, 0.25) is 0 Å². The Morgan fingerprint density at radius 3 is 2.54 bits per heavy atom. The van der Waals surface area contributed by atoms with Crippen molar-refractivity contribution in [1.82, 2.24) is 0 Å². The highest BCUT2D eigenvalue weighted by Gasteiger charge is 2.22. The number of furan rings is 1. The second-order valence-corrected chi connectivity index (χ2v) is 6.01. The molecule has 146 valence electrons. The minimum atomic E-state index is -0.832. The second-order valence-electron chi connectivity index (χ2n) is 6.01. The first kappa shape index (κ1) is 19.4. The van der Waals surface area contributed by atoms with Crippen LogP contribution < -0.4 is 14.4 Å². The molecule has 0 atom stereocenters. The van der Waals surface area contributed by atoms with Gasteiger partial charge in [0, 0.05) is 17.7 Å². The highest BCUT2D eigenvalue weighted by molar-refractivity contribution is 5.95. The van der Waals surface area contributed by atoms with Crippen LogP contribution in [-0.4, -0.2) is 20.1 Å². The van der Waals surface area contributed by atoms with E-state index in [9.17, 15) is 13.6 Å². The molecule has 0 radical (unpaired) electrons. The third-order valence-corrected chi connectivity index (χ3v) is 4.23. The number of halogens is 2. The van der Waals surface area contributed by atoms with Crippen LogP contribution in [0.25, 0.3) is 0 Å². The Balaban J connectivity index is 1.92. The smallest absolute Gasteiger partial charge is 0.232 e. The normalized spacial score (nSPS) is 10.6. The summed E-state index contributed by atoms with van der Waals surface area (Å²) in [6, 6.07) is 11.5. The van der Waals surface area contributed by atoms with E-state index >= 15 is 0 Å². The third kappa shape index (κ3) is 4.31. The average molecular weight is 387 g/mol. The van der Waals surface area contributed by atoms with Gasteiger partial charge in [0.15, 0.2) is 0 Å². The fraction of sp³-hybridized carbons (Fsp3) is 0.190. The number of hydrogen-bond acceptors (Lipinski definition) is 4. The van der Waals surface area contributed by atoms with Gasteiger partial charge in [-0.1, -0.05) is 6.07 Å². The number of carbonyl (C=O) groups is 1. The molecule has 0 saturated heterocycles. The van der Waals surface area contributed by atoms with Gasteiger partial charge in [-0.2, -0.15) is 0 Å². The molecule has 1 heterocycles. The lowest BCUT2D eigenvalue weighted by Gasteiger charge is -2.23. The van der Waals surface area contributed by atoms with Crippen LogP contribution in [0.15, 0.2) is 59.2 Å². The molecule has 0 unspecified atom stereocenters. The summed E-state index contributed by atoms with van der Waals surface area (Å²) in [5, 5.41) is 0. The zero-order chi connectivity index (χ0) is 20.1. The van der Waals surface area contributed by atoms with E-state index in [4.69, 9.17) is 13.9 Å². The Bertz CT molecular complexity index is 957. The van der Waals surface area contributed by atoms with Gasteiger partial charge >= 0.3 is 0 Å². The Labute approximate surface area is 161 Å². The lowest BCUT2D eigenvalue weighted by molar-refractivity contribution is -0.118. The molecule has 1 amide bonds. The molecule has 0 aliphatic carbocycles. The molecular formula is C21H19F2NO4. The van der Waals surface area contributed by atoms with Gasteiger partial charge in [-0.15, -0.1) is 0 Å².